The van der Waals surface area contributed by atoms with Crippen LogP contribution in [-0.2, 0) is 14.8 Å². The number of carbonyl (C=O) groups excluding carboxylic acids is 2. The van der Waals surface area contributed by atoms with Crippen LogP contribution >= 0.6 is 0 Å². The first kappa shape index (κ1) is 18.0. The van der Waals surface area contributed by atoms with E-state index in [9.17, 15) is 18.0 Å². The molecule has 0 saturated carbocycles. The van der Waals surface area contributed by atoms with Gasteiger partial charge in [-0.25, -0.2) is 8.42 Å². The standard InChI is InChI=1S/C17H19N3O5S/c21-16(8-9-18-17(22)15-3-1-11-25-15)19-13-4-6-14(7-5-13)20-10-2-12-26(20,23)24/h1,3-7,11H,2,8-10,12H2,(H,18,22)(H,19,21). The molecule has 138 valence electrons. The molecule has 0 aliphatic carbocycles. The maximum atomic E-state index is 11.9. The highest BCUT2D eigenvalue weighted by molar-refractivity contribution is 7.93. The van der Waals surface area contributed by atoms with Crippen molar-refractivity contribution in [2.45, 2.75) is 12.8 Å². The number of nitrogens with zero attached hydrogens (tertiary/aromatic N) is 1. The largest absolute Gasteiger partial charge is 0.459 e. The Morgan fingerprint density at radius 3 is 2.54 bits per heavy atom. The van der Waals surface area contributed by atoms with Crippen molar-refractivity contribution in [1.82, 2.24) is 5.32 Å². The van der Waals surface area contributed by atoms with Gasteiger partial charge < -0.3 is 15.1 Å². The van der Waals surface area contributed by atoms with Crippen LogP contribution in [0.5, 0.6) is 0 Å². The molecule has 8 nitrogen and oxygen atoms in total. The van der Waals surface area contributed by atoms with E-state index in [1.807, 2.05) is 0 Å². The number of hydrogen-bond acceptors (Lipinski definition) is 5. The predicted octanol–water partition coefficient (Wildman–Crippen LogP) is 1.58. The number of benzene rings is 1. The molecular formula is C17H19N3O5S. The molecule has 1 saturated heterocycles. The fourth-order valence-electron chi connectivity index (χ4n) is 2.65. The molecule has 2 aromatic rings. The second-order valence-electron chi connectivity index (χ2n) is 5.82. The lowest BCUT2D eigenvalue weighted by atomic mass is 10.2. The lowest BCUT2D eigenvalue weighted by molar-refractivity contribution is -0.116. The average molecular weight is 377 g/mol. The Morgan fingerprint density at radius 1 is 1.15 bits per heavy atom. The Balaban J connectivity index is 1.48. The van der Waals surface area contributed by atoms with Gasteiger partial charge in [0.15, 0.2) is 5.76 Å². The van der Waals surface area contributed by atoms with Gasteiger partial charge in [-0.1, -0.05) is 0 Å². The molecule has 0 unspecified atom stereocenters. The van der Waals surface area contributed by atoms with Crippen molar-refractivity contribution in [3.05, 3.63) is 48.4 Å². The molecule has 2 N–H and O–H groups in total. The van der Waals surface area contributed by atoms with Crippen LogP contribution in [0.25, 0.3) is 0 Å². The van der Waals surface area contributed by atoms with Crippen molar-refractivity contribution in [1.29, 1.82) is 0 Å². The SMILES string of the molecule is O=C(CCNC(=O)c1ccco1)Nc1ccc(N2CCCS2(=O)=O)cc1. The number of rotatable bonds is 6. The predicted molar refractivity (Wildman–Crippen MR) is 96.5 cm³/mol. The smallest absolute Gasteiger partial charge is 0.286 e. The number of amides is 2. The third-order valence-corrected chi connectivity index (χ3v) is 5.79. The Morgan fingerprint density at radius 2 is 1.92 bits per heavy atom. The van der Waals surface area contributed by atoms with Crippen molar-refractivity contribution in [3.8, 4) is 0 Å². The summed E-state index contributed by atoms with van der Waals surface area (Å²) in [5.74, 6) is -0.280. The van der Waals surface area contributed by atoms with Gasteiger partial charge in [-0.3, -0.25) is 13.9 Å². The number of carbonyl (C=O) groups is 2. The summed E-state index contributed by atoms with van der Waals surface area (Å²) in [6.07, 6.45) is 2.12. The van der Waals surface area contributed by atoms with Gasteiger partial charge in [0.1, 0.15) is 0 Å². The van der Waals surface area contributed by atoms with E-state index in [-0.39, 0.29) is 36.3 Å². The normalized spacial score (nSPS) is 15.6. The fourth-order valence-corrected chi connectivity index (χ4v) is 4.21. The molecule has 3 rings (SSSR count). The highest BCUT2D eigenvalue weighted by Gasteiger charge is 2.28. The average Bonchev–Trinajstić information content (AvgIpc) is 3.25. The van der Waals surface area contributed by atoms with E-state index in [2.05, 4.69) is 10.6 Å². The molecule has 0 bridgehead atoms. The lowest BCUT2D eigenvalue weighted by Gasteiger charge is -2.17. The second-order valence-corrected chi connectivity index (χ2v) is 7.83. The monoisotopic (exact) mass is 377 g/mol. The van der Waals surface area contributed by atoms with Gasteiger partial charge >= 0.3 is 0 Å². The van der Waals surface area contributed by atoms with E-state index >= 15 is 0 Å². The Bertz CT molecular complexity index is 876. The number of nitrogens with one attached hydrogen (secondary N) is 2. The van der Waals surface area contributed by atoms with Crippen molar-refractivity contribution in [2.24, 2.45) is 0 Å². The number of sulfonamides is 1. The summed E-state index contributed by atoms with van der Waals surface area (Å²) < 4.78 is 30.1. The highest BCUT2D eigenvalue weighted by atomic mass is 32.2. The third kappa shape index (κ3) is 4.23. The van der Waals surface area contributed by atoms with Gasteiger partial charge in [0.2, 0.25) is 15.9 Å². The number of anilines is 2. The first-order chi connectivity index (χ1) is 12.5. The van der Waals surface area contributed by atoms with Gasteiger partial charge in [-0.2, -0.15) is 0 Å². The van der Waals surface area contributed by atoms with Crippen LogP contribution in [0.1, 0.15) is 23.4 Å². The van der Waals surface area contributed by atoms with Crippen LogP contribution in [0.3, 0.4) is 0 Å². The van der Waals surface area contributed by atoms with E-state index in [4.69, 9.17) is 4.42 Å². The summed E-state index contributed by atoms with van der Waals surface area (Å²) in [6.45, 7) is 0.652. The molecule has 26 heavy (non-hydrogen) atoms. The van der Waals surface area contributed by atoms with E-state index in [0.717, 1.165) is 0 Å². The van der Waals surface area contributed by atoms with Crippen LogP contribution in [0.4, 0.5) is 11.4 Å². The first-order valence-corrected chi connectivity index (χ1v) is 9.79. The van der Waals surface area contributed by atoms with Crippen molar-refractivity contribution in [3.63, 3.8) is 0 Å². The second kappa shape index (κ2) is 7.61. The summed E-state index contributed by atoms with van der Waals surface area (Å²) in [6, 6.07) is 9.79. The third-order valence-electron chi connectivity index (χ3n) is 3.92. The fraction of sp³-hybridized carbons (Fsp3) is 0.294. The van der Waals surface area contributed by atoms with Gasteiger partial charge in [-0.05, 0) is 42.8 Å². The van der Waals surface area contributed by atoms with Crippen LogP contribution < -0.4 is 14.9 Å². The zero-order valence-corrected chi connectivity index (χ0v) is 14.8. The summed E-state index contributed by atoms with van der Waals surface area (Å²) >= 11 is 0. The topological polar surface area (TPSA) is 109 Å². The minimum Gasteiger partial charge on any atom is -0.459 e. The molecule has 0 atom stereocenters. The zero-order chi connectivity index (χ0) is 18.6. The zero-order valence-electron chi connectivity index (χ0n) is 14.0. The quantitative estimate of drug-likeness (QED) is 0.794. The van der Waals surface area contributed by atoms with Crippen LogP contribution in [0.15, 0.2) is 47.1 Å². The molecule has 1 aromatic heterocycles. The summed E-state index contributed by atoms with van der Waals surface area (Å²) in [5, 5.41) is 5.30. The van der Waals surface area contributed by atoms with Crippen molar-refractivity contribution >= 4 is 33.2 Å². The van der Waals surface area contributed by atoms with E-state index < -0.39 is 10.0 Å². The molecule has 9 heteroatoms. The van der Waals surface area contributed by atoms with Gasteiger partial charge in [0.05, 0.1) is 17.7 Å². The molecule has 1 aliphatic heterocycles. The molecule has 2 amide bonds. The van der Waals surface area contributed by atoms with Gasteiger partial charge in [0.25, 0.3) is 5.91 Å². The van der Waals surface area contributed by atoms with Crippen LogP contribution in [0, 0.1) is 0 Å². The van der Waals surface area contributed by atoms with E-state index in [1.54, 1.807) is 30.3 Å². The molecule has 2 heterocycles. The minimum absolute atomic E-state index is 0.106. The van der Waals surface area contributed by atoms with E-state index in [1.165, 1.54) is 16.6 Å². The van der Waals surface area contributed by atoms with Gasteiger partial charge in [0, 0.05) is 25.2 Å². The Labute approximate surface area is 151 Å². The van der Waals surface area contributed by atoms with E-state index in [0.29, 0.717) is 24.3 Å². The molecule has 1 fully saturated rings. The molecular weight excluding hydrogens is 358 g/mol. The van der Waals surface area contributed by atoms with Crippen molar-refractivity contribution in [2.75, 3.05) is 28.5 Å². The number of furan rings is 1. The first-order valence-electron chi connectivity index (χ1n) is 8.18. The van der Waals surface area contributed by atoms with Gasteiger partial charge in [-0.15, -0.1) is 0 Å². The minimum atomic E-state index is -3.22. The maximum Gasteiger partial charge on any atom is 0.286 e. The maximum absolute atomic E-state index is 11.9. The Kier molecular flexibility index (Phi) is 5.27. The molecule has 1 aliphatic rings. The summed E-state index contributed by atoms with van der Waals surface area (Å²) in [7, 11) is -3.22. The lowest BCUT2D eigenvalue weighted by Crippen LogP contribution is -2.27. The molecule has 0 spiro atoms. The highest BCUT2D eigenvalue weighted by Crippen LogP contribution is 2.25. The molecule has 0 radical (unpaired) electrons. The summed E-state index contributed by atoms with van der Waals surface area (Å²) in [5.41, 5.74) is 1.15. The Hall–Kier alpha value is -2.81. The number of hydrogen-bond donors (Lipinski definition) is 2. The summed E-state index contributed by atoms with van der Waals surface area (Å²) in [4.78, 5) is 23.6. The van der Waals surface area contributed by atoms with Crippen LogP contribution in [-0.4, -0.2) is 39.1 Å². The van der Waals surface area contributed by atoms with Crippen LogP contribution in [0.2, 0.25) is 0 Å². The molecule has 1 aromatic carbocycles. The van der Waals surface area contributed by atoms with Crippen molar-refractivity contribution < 1.29 is 22.4 Å².